The Hall–Kier alpha value is -0.570. The van der Waals surface area contributed by atoms with E-state index in [4.69, 9.17) is 5.73 Å². The molecule has 0 fully saturated rings. The number of amides is 1. The molecule has 0 aromatic carbocycles. The highest BCUT2D eigenvalue weighted by Gasteiger charge is 2.16. The molecule has 0 aromatic heterocycles. The second-order valence-electron chi connectivity index (χ2n) is 9.82. The molecule has 0 aromatic rings. The van der Waals surface area contributed by atoms with Gasteiger partial charge in [-0.25, -0.2) is 0 Å². The van der Waals surface area contributed by atoms with Gasteiger partial charge in [-0.3, -0.25) is 4.79 Å². The van der Waals surface area contributed by atoms with Crippen LogP contribution in [0.1, 0.15) is 149 Å². The van der Waals surface area contributed by atoms with Crippen LogP contribution >= 0.6 is 0 Å². The molecule has 0 aliphatic heterocycles. The Balaban J connectivity index is 3.70. The first-order valence-corrected chi connectivity index (χ1v) is 14.2. The molecular formula is C28H58N2O. The number of hydrogen-bond acceptors (Lipinski definition) is 2. The molecule has 0 heterocycles. The average Bonchev–Trinajstić information content (AvgIpc) is 2.76. The first-order valence-electron chi connectivity index (χ1n) is 14.2. The Morgan fingerprint density at radius 1 is 0.548 bits per heavy atom. The predicted octanol–water partition coefficient (Wildman–Crippen LogP) is 8.25. The molecule has 1 unspecified atom stereocenters. The molecule has 1 amide bonds. The predicted molar refractivity (Wildman–Crippen MR) is 138 cm³/mol. The second-order valence-corrected chi connectivity index (χ2v) is 9.82. The lowest BCUT2D eigenvalue weighted by Crippen LogP contribution is -2.32. The summed E-state index contributed by atoms with van der Waals surface area (Å²) in [5, 5.41) is 0. The van der Waals surface area contributed by atoms with Crippen LogP contribution < -0.4 is 5.73 Å². The maximum Gasteiger partial charge on any atom is 0.220 e. The summed E-state index contributed by atoms with van der Waals surface area (Å²) in [5.41, 5.74) is 5.72. The number of unbranched alkanes of at least 4 members (excludes halogenated alkanes) is 15. The van der Waals surface area contributed by atoms with E-state index in [1.807, 2.05) is 0 Å². The highest BCUT2D eigenvalue weighted by molar-refractivity contribution is 5.76. The number of rotatable bonds is 25. The quantitative estimate of drug-likeness (QED) is 0.146. The van der Waals surface area contributed by atoms with Crippen LogP contribution in [0.5, 0.6) is 0 Å². The monoisotopic (exact) mass is 438 g/mol. The minimum atomic E-state index is -0.0828. The van der Waals surface area contributed by atoms with E-state index < -0.39 is 0 Å². The maximum absolute atomic E-state index is 11.9. The van der Waals surface area contributed by atoms with Crippen molar-refractivity contribution in [2.24, 2.45) is 11.7 Å². The zero-order valence-electron chi connectivity index (χ0n) is 21.8. The van der Waals surface area contributed by atoms with Gasteiger partial charge in [-0.15, -0.1) is 0 Å². The van der Waals surface area contributed by atoms with E-state index in [1.54, 1.807) is 0 Å². The second kappa shape index (κ2) is 24.1. The fourth-order valence-corrected chi connectivity index (χ4v) is 4.45. The summed E-state index contributed by atoms with van der Waals surface area (Å²) >= 11 is 0. The Kier molecular flexibility index (Phi) is 23.6. The summed E-state index contributed by atoms with van der Waals surface area (Å²) in [6, 6.07) is 0. The normalized spacial score (nSPS) is 12.5. The molecule has 0 bridgehead atoms. The van der Waals surface area contributed by atoms with Gasteiger partial charge in [-0.2, -0.15) is 0 Å². The van der Waals surface area contributed by atoms with Crippen LogP contribution in [0.15, 0.2) is 0 Å². The Labute approximate surface area is 196 Å². The number of carbonyl (C=O) groups excluding carboxylic acids is 1. The number of primary amides is 1. The van der Waals surface area contributed by atoms with Crippen molar-refractivity contribution in [3.63, 3.8) is 0 Å². The zero-order valence-corrected chi connectivity index (χ0v) is 21.8. The van der Waals surface area contributed by atoms with Gasteiger partial charge < -0.3 is 10.6 Å². The standard InChI is InChI=1S/C28H58N2O/c1-4-7-10-11-12-13-14-15-16-17-18-19-20-21-22-27(28(29)31)23-26-30(24-8-5-2)25-9-6-3/h27H,4-26H2,1-3H3,(H2,29,31). The van der Waals surface area contributed by atoms with Gasteiger partial charge in [0.25, 0.3) is 0 Å². The highest BCUT2D eigenvalue weighted by atomic mass is 16.1. The molecule has 0 rings (SSSR count). The number of nitrogens with two attached hydrogens (primary N) is 1. The van der Waals surface area contributed by atoms with Gasteiger partial charge in [0, 0.05) is 5.92 Å². The van der Waals surface area contributed by atoms with E-state index >= 15 is 0 Å². The van der Waals surface area contributed by atoms with E-state index in [-0.39, 0.29) is 11.8 Å². The van der Waals surface area contributed by atoms with Crippen LogP contribution in [-0.4, -0.2) is 30.4 Å². The molecule has 0 aliphatic rings. The van der Waals surface area contributed by atoms with Gasteiger partial charge >= 0.3 is 0 Å². The zero-order chi connectivity index (χ0) is 23.0. The van der Waals surface area contributed by atoms with Crippen molar-refractivity contribution < 1.29 is 4.79 Å². The third-order valence-electron chi connectivity index (χ3n) is 6.76. The Morgan fingerprint density at radius 3 is 1.32 bits per heavy atom. The lowest BCUT2D eigenvalue weighted by atomic mass is 9.96. The SMILES string of the molecule is CCCCCCCCCCCCCCCCC(CCN(CCCC)CCCC)C(N)=O. The maximum atomic E-state index is 11.9. The van der Waals surface area contributed by atoms with Gasteiger partial charge in [-0.05, 0) is 45.3 Å². The molecule has 0 spiro atoms. The van der Waals surface area contributed by atoms with Crippen molar-refractivity contribution in [1.29, 1.82) is 0 Å². The van der Waals surface area contributed by atoms with Crippen molar-refractivity contribution in [1.82, 2.24) is 4.90 Å². The van der Waals surface area contributed by atoms with Crippen molar-refractivity contribution in [3.05, 3.63) is 0 Å². The third-order valence-corrected chi connectivity index (χ3v) is 6.76. The van der Waals surface area contributed by atoms with E-state index in [0.29, 0.717) is 0 Å². The molecule has 1 atom stereocenters. The van der Waals surface area contributed by atoms with Crippen LogP contribution in [-0.2, 0) is 4.79 Å². The highest BCUT2D eigenvalue weighted by Crippen LogP contribution is 2.17. The van der Waals surface area contributed by atoms with E-state index in [0.717, 1.165) is 25.8 Å². The van der Waals surface area contributed by atoms with Crippen LogP contribution in [0.25, 0.3) is 0 Å². The van der Waals surface area contributed by atoms with Gasteiger partial charge in [0.1, 0.15) is 0 Å². The number of hydrogen-bond donors (Lipinski definition) is 1. The van der Waals surface area contributed by atoms with Crippen LogP contribution in [0, 0.1) is 5.92 Å². The van der Waals surface area contributed by atoms with E-state index in [2.05, 4.69) is 25.7 Å². The first kappa shape index (κ1) is 30.4. The molecule has 3 nitrogen and oxygen atoms in total. The lowest BCUT2D eigenvalue weighted by Gasteiger charge is -2.24. The number of carbonyl (C=O) groups is 1. The van der Waals surface area contributed by atoms with Crippen molar-refractivity contribution in [2.75, 3.05) is 19.6 Å². The molecule has 0 radical (unpaired) electrons. The first-order chi connectivity index (χ1) is 15.2. The Morgan fingerprint density at radius 2 is 0.935 bits per heavy atom. The molecule has 0 saturated heterocycles. The fourth-order valence-electron chi connectivity index (χ4n) is 4.45. The molecule has 0 aliphatic carbocycles. The van der Waals surface area contributed by atoms with Crippen LogP contribution in [0.2, 0.25) is 0 Å². The summed E-state index contributed by atoms with van der Waals surface area (Å²) in [6.07, 6.45) is 26.2. The largest absolute Gasteiger partial charge is 0.369 e. The van der Waals surface area contributed by atoms with Crippen LogP contribution in [0.4, 0.5) is 0 Å². The molecule has 186 valence electrons. The summed E-state index contributed by atoms with van der Waals surface area (Å²) in [4.78, 5) is 14.5. The van der Waals surface area contributed by atoms with Crippen molar-refractivity contribution in [3.8, 4) is 0 Å². The lowest BCUT2D eigenvalue weighted by molar-refractivity contribution is -0.122. The summed E-state index contributed by atoms with van der Waals surface area (Å²) < 4.78 is 0. The molecular weight excluding hydrogens is 380 g/mol. The fraction of sp³-hybridized carbons (Fsp3) is 0.964. The minimum absolute atomic E-state index is 0.0723. The van der Waals surface area contributed by atoms with Crippen molar-refractivity contribution >= 4 is 5.91 Å². The summed E-state index contributed by atoms with van der Waals surface area (Å²) in [6.45, 7) is 10.2. The van der Waals surface area contributed by atoms with Gasteiger partial charge in [0.05, 0.1) is 0 Å². The molecule has 3 heteroatoms. The molecule has 31 heavy (non-hydrogen) atoms. The van der Waals surface area contributed by atoms with E-state index in [9.17, 15) is 4.79 Å². The van der Waals surface area contributed by atoms with Crippen molar-refractivity contribution in [2.45, 2.75) is 149 Å². The van der Waals surface area contributed by atoms with Gasteiger partial charge in [0.2, 0.25) is 5.91 Å². The average molecular weight is 439 g/mol. The summed E-state index contributed by atoms with van der Waals surface area (Å²) in [7, 11) is 0. The van der Waals surface area contributed by atoms with E-state index in [1.165, 1.54) is 122 Å². The van der Waals surface area contributed by atoms with Gasteiger partial charge in [-0.1, -0.05) is 124 Å². The molecule has 2 N–H and O–H groups in total. The molecule has 0 saturated carbocycles. The number of nitrogens with zero attached hydrogens (tertiary/aromatic N) is 1. The van der Waals surface area contributed by atoms with Crippen LogP contribution in [0.3, 0.4) is 0 Å². The third kappa shape index (κ3) is 21.1. The Bertz CT molecular complexity index is 364. The smallest absolute Gasteiger partial charge is 0.220 e. The van der Waals surface area contributed by atoms with Gasteiger partial charge in [0.15, 0.2) is 0 Å². The topological polar surface area (TPSA) is 46.3 Å². The minimum Gasteiger partial charge on any atom is -0.369 e. The summed E-state index contributed by atoms with van der Waals surface area (Å²) in [5.74, 6) is -0.0105.